The first-order valence-corrected chi connectivity index (χ1v) is 2.26. The van der Waals surface area contributed by atoms with Gasteiger partial charge in [-0.05, 0) is 0 Å². The molecule has 5 heteroatoms. The normalized spacial score (nSPS) is 8.75. The van der Waals surface area contributed by atoms with Crippen molar-refractivity contribution in [2.75, 3.05) is 13.6 Å². The van der Waals surface area contributed by atoms with Crippen LogP contribution in [0.2, 0.25) is 0 Å². The number of aliphatic hydroxyl groups is 1. The average Bonchev–Trinajstić information content (AvgIpc) is 1.66. The second kappa shape index (κ2) is 4.89. The van der Waals surface area contributed by atoms with E-state index in [2.05, 4.69) is 22.1 Å². The van der Waals surface area contributed by atoms with E-state index in [9.17, 15) is 4.79 Å². The van der Waals surface area contributed by atoms with Crippen LogP contribution in [-0.2, 0) is 9.47 Å². The number of carbonyl (C=O) groups is 1. The summed E-state index contributed by atoms with van der Waals surface area (Å²) in [6, 6.07) is 0. The van der Waals surface area contributed by atoms with Crippen LogP contribution < -0.4 is 0 Å². The standard InChI is InChI=1S/C3H6O4S/c4-1-6-2-7-3(5)8/h4H,1-2H2,(H,5,8). The van der Waals surface area contributed by atoms with Crippen LogP contribution in [0.5, 0.6) is 0 Å². The molecule has 0 amide bonds. The van der Waals surface area contributed by atoms with Crippen LogP contribution in [0.3, 0.4) is 0 Å². The maximum Gasteiger partial charge on any atom is 0.366 e. The Morgan fingerprint density at radius 1 is 1.75 bits per heavy atom. The van der Waals surface area contributed by atoms with Crippen molar-refractivity contribution in [1.82, 2.24) is 0 Å². The van der Waals surface area contributed by atoms with E-state index in [-0.39, 0.29) is 6.79 Å². The fourth-order valence-electron chi connectivity index (χ4n) is 0.129. The van der Waals surface area contributed by atoms with Gasteiger partial charge in [0, 0.05) is 0 Å². The van der Waals surface area contributed by atoms with E-state index in [1.165, 1.54) is 0 Å². The molecular weight excluding hydrogens is 132 g/mol. The van der Waals surface area contributed by atoms with E-state index in [0.29, 0.717) is 0 Å². The molecule has 0 aromatic carbocycles. The molecule has 0 spiro atoms. The number of thiol groups is 1. The van der Waals surface area contributed by atoms with Crippen LogP contribution in [0.4, 0.5) is 4.79 Å². The summed E-state index contributed by atoms with van der Waals surface area (Å²) in [5, 5.41) is 7.22. The van der Waals surface area contributed by atoms with Gasteiger partial charge in [0.25, 0.3) is 0 Å². The SMILES string of the molecule is O=C(S)OCOCO. The van der Waals surface area contributed by atoms with Crippen LogP contribution in [-0.4, -0.2) is 24.0 Å². The van der Waals surface area contributed by atoms with Crippen LogP contribution in [0.15, 0.2) is 0 Å². The molecule has 0 fully saturated rings. The highest BCUT2D eigenvalue weighted by Crippen LogP contribution is 1.84. The monoisotopic (exact) mass is 138 g/mol. The van der Waals surface area contributed by atoms with Crippen molar-refractivity contribution in [2.45, 2.75) is 0 Å². The number of ether oxygens (including phenoxy) is 2. The lowest BCUT2D eigenvalue weighted by Gasteiger charge is -1.97. The molecule has 0 aromatic rings. The van der Waals surface area contributed by atoms with Crippen LogP contribution in [0.25, 0.3) is 0 Å². The fourth-order valence-corrected chi connectivity index (χ4v) is 0.182. The molecular formula is C3H6O4S. The molecule has 1 N–H and O–H groups in total. The van der Waals surface area contributed by atoms with E-state index >= 15 is 0 Å². The molecule has 4 nitrogen and oxygen atoms in total. The zero-order chi connectivity index (χ0) is 6.41. The maximum absolute atomic E-state index is 9.80. The first-order valence-electron chi connectivity index (χ1n) is 1.81. The van der Waals surface area contributed by atoms with Gasteiger partial charge in [0.05, 0.1) is 0 Å². The Bertz CT molecular complexity index is 73.7. The Labute approximate surface area is 51.8 Å². The molecule has 0 saturated heterocycles. The third-order valence-electron chi connectivity index (χ3n) is 0.357. The highest BCUT2D eigenvalue weighted by molar-refractivity contribution is 7.96. The third-order valence-corrected chi connectivity index (χ3v) is 0.486. The van der Waals surface area contributed by atoms with Crippen LogP contribution in [0, 0.1) is 0 Å². The van der Waals surface area contributed by atoms with Gasteiger partial charge in [-0.1, -0.05) is 12.6 Å². The van der Waals surface area contributed by atoms with Crippen molar-refractivity contribution in [3.8, 4) is 0 Å². The Hall–Kier alpha value is -0.260. The summed E-state index contributed by atoms with van der Waals surface area (Å²) in [6.07, 6.45) is 0. The molecule has 0 saturated carbocycles. The van der Waals surface area contributed by atoms with E-state index in [1.807, 2.05) is 0 Å². The summed E-state index contributed by atoms with van der Waals surface area (Å²) in [5.74, 6) is 0. The van der Waals surface area contributed by atoms with Gasteiger partial charge < -0.3 is 14.6 Å². The second-order valence-electron chi connectivity index (χ2n) is 0.861. The van der Waals surface area contributed by atoms with Crippen LogP contribution >= 0.6 is 12.6 Å². The maximum atomic E-state index is 9.80. The quantitative estimate of drug-likeness (QED) is 0.249. The van der Waals surface area contributed by atoms with Crippen molar-refractivity contribution >= 4 is 17.9 Å². The fraction of sp³-hybridized carbons (Fsp3) is 0.667. The minimum absolute atomic E-state index is 0.251. The van der Waals surface area contributed by atoms with Gasteiger partial charge in [-0.3, -0.25) is 0 Å². The van der Waals surface area contributed by atoms with Gasteiger partial charge in [0.2, 0.25) is 0 Å². The first kappa shape index (κ1) is 7.74. The number of hydrogen-bond donors (Lipinski definition) is 2. The topological polar surface area (TPSA) is 55.8 Å². The predicted molar refractivity (Wildman–Crippen MR) is 28.5 cm³/mol. The Kier molecular flexibility index (Phi) is 4.73. The molecule has 48 valence electrons. The van der Waals surface area contributed by atoms with Crippen molar-refractivity contribution in [3.05, 3.63) is 0 Å². The minimum atomic E-state index is -0.724. The summed E-state index contributed by atoms with van der Waals surface area (Å²) in [4.78, 5) is 9.80. The Morgan fingerprint density at radius 2 is 2.38 bits per heavy atom. The lowest BCUT2D eigenvalue weighted by atomic mass is 11.3. The molecule has 0 aliphatic rings. The molecule has 0 radical (unpaired) electrons. The van der Waals surface area contributed by atoms with E-state index < -0.39 is 12.1 Å². The molecule has 0 bridgehead atoms. The highest BCUT2D eigenvalue weighted by atomic mass is 32.1. The van der Waals surface area contributed by atoms with Crippen molar-refractivity contribution < 1.29 is 19.4 Å². The van der Waals surface area contributed by atoms with Crippen LogP contribution in [0.1, 0.15) is 0 Å². The van der Waals surface area contributed by atoms with Gasteiger partial charge in [-0.15, -0.1) is 0 Å². The number of carbonyl (C=O) groups excluding carboxylic acids is 1. The molecule has 0 aromatic heterocycles. The van der Waals surface area contributed by atoms with Crippen molar-refractivity contribution in [1.29, 1.82) is 0 Å². The number of aliphatic hydroxyl groups excluding tert-OH is 1. The van der Waals surface area contributed by atoms with Crippen molar-refractivity contribution in [3.63, 3.8) is 0 Å². The molecule has 0 aliphatic heterocycles. The molecule has 0 heterocycles. The van der Waals surface area contributed by atoms with Gasteiger partial charge in [0.15, 0.2) is 6.79 Å². The minimum Gasteiger partial charge on any atom is -0.430 e. The van der Waals surface area contributed by atoms with E-state index in [1.54, 1.807) is 0 Å². The van der Waals surface area contributed by atoms with Gasteiger partial charge in [-0.2, -0.15) is 0 Å². The Balaban J connectivity index is 2.82. The van der Waals surface area contributed by atoms with Gasteiger partial charge >= 0.3 is 5.30 Å². The summed E-state index contributed by atoms with van der Waals surface area (Å²) in [5.41, 5.74) is 0. The lowest BCUT2D eigenvalue weighted by molar-refractivity contribution is -0.0756. The van der Waals surface area contributed by atoms with Gasteiger partial charge in [-0.25, -0.2) is 4.79 Å². The summed E-state index contributed by atoms with van der Waals surface area (Å²) in [7, 11) is 0. The molecule has 0 unspecified atom stereocenters. The Morgan fingerprint density at radius 3 is 2.75 bits per heavy atom. The highest BCUT2D eigenvalue weighted by Gasteiger charge is 1.89. The predicted octanol–water partition coefficient (Wildman–Crippen LogP) is -0.0233. The van der Waals surface area contributed by atoms with E-state index in [0.717, 1.165) is 0 Å². The molecule has 0 rings (SSSR count). The molecule has 8 heavy (non-hydrogen) atoms. The zero-order valence-electron chi connectivity index (χ0n) is 4.03. The number of rotatable bonds is 3. The molecule has 0 atom stereocenters. The summed E-state index contributed by atoms with van der Waals surface area (Å²) in [6.45, 7) is -0.708. The van der Waals surface area contributed by atoms with Gasteiger partial charge in [0.1, 0.15) is 6.79 Å². The average molecular weight is 138 g/mol. The lowest BCUT2D eigenvalue weighted by Crippen LogP contribution is -2.01. The second-order valence-corrected chi connectivity index (χ2v) is 1.23. The largest absolute Gasteiger partial charge is 0.430 e. The first-order chi connectivity index (χ1) is 3.77. The van der Waals surface area contributed by atoms with Crippen molar-refractivity contribution in [2.24, 2.45) is 0 Å². The summed E-state index contributed by atoms with van der Waals surface area (Å²) >= 11 is 3.25. The molecule has 0 aliphatic carbocycles. The van der Waals surface area contributed by atoms with E-state index in [4.69, 9.17) is 5.11 Å². The number of hydrogen-bond acceptors (Lipinski definition) is 4. The smallest absolute Gasteiger partial charge is 0.366 e. The summed E-state index contributed by atoms with van der Waals surface area (Å²) < 4.78 is 8.33. The third kappa shape index (κ3) is 5.74. The zero-order valence-corrected chi connectivity index (χ0v) is 4.93.